The molecule has 0 saturated heterocycles. The van der Waals surface area contributed by atoms with Crippen molar-refractivity contribution in [2.24, 2.45) is 0 Å². The maximum atomic E-state index is 10.5. The number of carboxylic acid groups (broad SMARTS) is 1. The van der Waals surface area contributed by atoms with E-state index in [1.807, 2.05) is 0 Å². The Balaban J connectivity index is 2.14. The van der Waals surface area contributed by atoms with E-state index in [1.54, 1.807) is 6.92 Å². The maximum Gasteiger partial charge on any atom is 0.357 e. The van der Waals surface area contributed by atoms with Crippen molar-refractivity contribution in [2.45, 2.75) is 17.3 Å². The number of aryl methyl sites for hydroxylation is 1. The molecule has 0 unspecified atom stereocenters. The van der Waals surface area contributed by atoms with Crippen LogP contribution in [0.5, 0.6) is 0 Å². The Morgan fingerprint density at radius 1 is 1.60 bits per heavy atom. The fourth-order valence-electron chi connectivity index (χ4n) is 0.848. The van der Waals surface area contributed by atoms with Crippen molar-refractivity contribution in [1.29, 1.82) is 0 Å². The van der Waals surface area contributed by atoms with Crippen LogP contribution in [0, 0.1) is 6.92 Å². The van der Waals surface area contributed by atoms with Crippen LogP contribution >= 0.6 is 11.8 Å². The Morgan fingerprint density at radius 3 is 2.93 bits per heavy atom. The van der Waals surface area contributed by atoms with E-state index in [0.717, 1.165) is 18.0 Å². The molecule has 2 aromatic rings. The molecular formula is C7H6N4O3S. The second kappa shape index (κ2) is 3.73. The highest BCUT2D eigenvalue weighted by Crippen LogP contribution is 2.23. The van der Waals surface area contributed by atoms with Gasteiger partial charge in [-0.3, -0.25) is 5.10 Å². The molecule has 0 radical (unpaired) electrons. The minimum absolute atomic E-state index is 0.134. The summed E-state index contributed by atoms with van der Waals surface area (Å²) in [5.74, 6) is -0.459. The lowest BCUT2D eigenvalue weighted by molar-refractivity contribution is 0.0690. The lowest BCUT2D eigenvalue weighted by atomic mass is 10.5. The molecule has 0 aliphatic carbocycles. The van der Waals surface area contributed by atoms with E-state index < -0.39 is 5.97 Å². The summed E-state index contributed by atoms with van der Waals surface area (Å²) >= 11 is 1.05. The van der Waals surface area contributed by atoms with Gasteiger partial charge in [0.1, 0.15) is 12.1 Å². The topological polar surface area (TPSA) is 105 Å². The quantitative estimate of drug-likeness (QED) is 0.802. The van der Waals surface area contributed by atoms with Crippen LogP contribution in [0.15, 0.2) is 21.1 Å². The Kier molecular flexibility index (Phi) is 2.42. The average molecular weight is 226 g/mol. The zero-order chi connectivity index (χ0) is 10.8. The van der Waals surface area contributed by atoms with Crippen molar-refractivity contribution in [3.8, 4) is 0 Å². The molecule has 0 fully saturated rings. The zero-order valence-corrected chi connectivity index (χ0v) is 8.41. The molecule has 2 heterocycles. The van der Waals surface area contributed by atoms with Crippen molar-refractivity contribution >= 4 is 17.7 Å². The number of oxazole rings is 1. The van der Waals surface area contributed by atoms with Crippen molar-refractivity contribution in [2.75, 3.05) is 0 Å². The van der Waals surface area contributed by atoms with Crippen LogP contribution in [-0.2, 0) is 0 Å². The van der Waals surface area contributed by atoms with Gasteiger partial charge in [0.2, 0.25) is 5.16 Å². The second-order valence-corrected chi connectivity index (χ2v) is 3.53. The second-order valence-electron chi connectivity index (χ2n) is 2.61. The summed E-state index contributed by atoms with van der Waals surface area (Å²) < 4.78 is 4.92. The molecule has 7 nitrogen and oxygen atoms in total. The summed E-state index contributed by atoms with van der Waals surface area (Å²) in [4.78, 5) is 18.2. The number of aromatic carboxylic acids is 1. The van der Waals surface area contributed by atoms with Gasteiger partial charge in [0, 0.05) is 11.8 Å². The third-order valence-electron chi connectivity index (χ3n) is 1.46. The molecule has 0 aliphatic heterocycles. The van der Waals surface area contributed by atoms with Crippen LogP contribution in [0.4, 0.5) is 0 Å². The molecular weight excluding hydrogens is 220 g/mol. The molecule has 0 atom stereocenters. The van der Waals surface area contributed by atoms with Gasteiger partial charge in [-0.15, -0.1) is 5.10 Å². The van der Waals surface area contributed by atoms with Crippen LogP contribution in [-0.4, -0.2) is 31.2 Å². The van der Waals surface area contributed by atoms with E-state index in [-0.39, 0.29) is 10.9 Å². The molecule has 15 heavy (non-hydrogen) atoms. The van der Waals surface area contributed by atoms with E-state index in [9.17, 15) is 4.79 Å². The minimum atomic E-state index is -1.13. The largest absolute Gasteiger partial charge is 0.476 e. The van der Waals surface area contributed by atoms with Gasteiger partial charge in [0.25, 0.3) is 5.22 Å². The summed E-state index contributed by atoms with van der Waals surface area (Å²) in [7, 11) is 0. The molecule has 0 saturated carbocycles. The van der Waals surface area contributed by atoms with Gasteiger partial charge in [-0.1, -0.05) is 0 Å². The van der Waals surface area contributed by atoms with E-state index in [2.05, 4.69) is 20.2 Å². The number of aromatic nitrogens is 4. The lowest BCUT2D eigenvalue weighted by Crippen LogP contribution is -1.95. The van der Waals surface area contributed by atoms with Gasteiger partial charge < -0.3 is 9.52 Å². The van der Waals surface area contributed by atoms with Crippen molar-refractivity contribution in [1.82, 2.24) is 20.2 Å². The minimum Gasteiger partial charge on any atom is -0.476 e. The third-order valence-corrected chi connectivity index (χ3v) is 2.18. The molecule has 2 rings (SSSR count). The van der Waals surface area contributed by atoms with E-state index in [0.29, 0.717) is 11.0 Å². The molecule has 0 bridgehead atoms. The molecule has 0 amide bonds. The molecule has 0 spiro atoms. The van der Waals surface area contributed by atoms with Crippen LogP contribution in [0.1, 0.15) is 16.3 Å². The van der Waals surface area contributed by atoms with E-state index in [1.165, 1.54) is 0 Å². The Hall–Kier alpha value is -1.83. The van der Waals surface area contributed by atoms with Gasteiger partial charge in [0.15, 0.2) is 5.69 Å². The third kappa shape index (κ3) is 2.15. The molecule has 2 N–H and O–H groups in total. The lowest BCUT2D eigenvalue weighted by Gasteiger charge is -1.85. The number of carbonyl (C=O) groups is 1. The van der Waals surface area contributed by atoms with Crippen molar-refractivity contribution in [3.05, 3.63) is 17.8 Å². The molecule has 2 aromatic heterocycles. The van der Waals surface area contributed by atoms with Crippen LogP contribution in [0.2, 0.25) is 0 Å². The summed E-state index contributed by atoms with van der Waals surface area (Å²) in [6.07, 6.45) is 1.07. The van der Waals surface area contributed by atoms with E-state index in [4.69, 9.17) is 9.52 Å². The first kappa shape index (κ1) is 9.71. The number of carboxylic acids is 1. The predicted octanol–water partition coefficient (Wildman–Crippen LogP) is 0.951. The molecule has 0 aromatic carbocycles. The van der Waals surface area contributed by atoms with Gasteiger partial charge in [-0.25, -0.2) is 9.78 Å². The number of hydrogen-bond donors (Lipinski definition) is 2. The first-order valence-corrected chi connectivity index (χ1v) is 4.72. The number of nitrogens with zero attached hydrogens (tertiary/aromatic N) is 3. The monoisotopic (exact) mass is 226 g/mol. The highest BCUT2D eigenvalue weighted by atomic mass is 32.2. The SMILES string of the molecule is Cc1nc(Sc2nc(C(=O)O)co2)n[nH]1. The molecule has 78 valence electrons. The van der Waals surface area contributed by atoms with E-state index >= 15 is 0 Å². The number of H-pyrrole nitrogens is 1. The van der Waals surface area contributed by atoms with Gasteiger partial charge >= 0.3 is 5.97 Å². The summed E-state index contributed by atoms with van der Waals surface area (Å²) in [6.45, 7) is 1.76. The summed E-state index contributed by atoms with van der Waals surface area (Å²) in [5, 5.41) is 15.7. The van der Waals surface area contributed by atoms with Gasteiger partial charge in [-0.05, 0) is 6.92 Å². The normalized spacial score (nSPS) is 10.5. The first-order chi connectivity index (χ1) is 7.15. The van der Waals surface area contributed by atoms with Crippen LogP contribution in [0.25, 0.3) is 0 Å². The summed E-state index contributed by atoms with van der Waals surface area (Å²) in [6, 6.07) is 0. The average Bonchev–Trinajstić information content (AvgIpc) is 2.76. The number of rotatable bonds is 3. The molecule has 0 aliphatic rings. The number of aromatic amines is 1. The maximum absolute atomic E-state index is 10.5. The summed E-state index contributed by atoms with van der Waals surface area (Å²) in [5.41, 5.74) is -0.134. The fraction of sp³-hybridized carbons (Fsp3) is 0.143. The Morgan fingerprint density at radius 2 is 2.40 bits per heavy atom. The first-order valence-electron chi connectivity index (χ1n) is 3.91. The van der Waals surface area contributed by atoms with Crippen LogP contribution < -0.4 is 0 Å². The van der Waals surface area contributed by atoms with Crippen molar-refractivity contribution < 1.29 is 14.3 Å². The Bertz CT molecular complexity index is 492. The van der Waals surface area contributed by atoms with Gasteiger partial charge in [0.05, 0.1) is 0 Å². The zero-order valence-electron chi connectivity index (χ0n) is 7.59. The smallest absolute Gasteiger partial charge is 0.357 e. The molecule has 8 heteroatoms. The predicted molar refractivity (Wildman–Crippen MR) is 48.7 cm³/mol. The fourth-order valence-corrected chi connectivity index (χ4v) is 1.52. The standard InChI is InChI=1S/C7H6N4O3S/c1-3-8-6(11-10-3)15-7-9-4(2-14-7)5(12)13/h2H,1H3,(H,12,13)(H,8,10,11). The Labute approximate surface area is 87.9 Å². The van der Waals surface area contributed by atoms with Gasteiger partial charge in [-0.2, -0.15) is 4.98 Å². The highest BCUT2D eigenvalue weighted by Gasteiger charge is 2.13. The highest BCUT2D eigenvalue weighted by molar-refractivity contribution is 7.98. The van der Waals surface area contributed by atoms with Crippen molar-refractivity contribution in [3.63, 3.8) is 0 Å². The number of hydrogen-bond acceptors (Lipinski definition) is 6. The van der Waals surface area contributed by atoms with Crippen LogP contribution in [0.3, 0.4) is 0 Å². The number of nitrogens with one attached hydrogen (secondary N) is 1.